The summed E-state index contributed by atoms with van der Waals surface area (Å²) in [6, 6.07) is 38.4. The van der Waals surface area contributed by atoms with E-state index in [1.165, 1.54) is 37.7 Å². The van der Waals surface area contributed by atoms with Gasteiger partial charge in [0, 0.05) is 21.5 Å². The largest absolute Gasteiger partial charge is 0.245 e. The summed E-state index contributed by atoms with van der Waals surface area (Å²) in [5.41, 5.74) is 3.84. The van der Waals surface area contributed by atoms with Crippen LogP contribution in [-0.4, -0.2) is 9.97 Å². The number of nitrogens with zero attached hydrogens (tertiary/aromatic N) is 2. The van der Waals surface area contributed by atoms with Gasteiger partial charge in [0.2, 0.25) is 0 Å². The molecule has 0 saturated carbocycles. The summed E-state index contributed by atoms with van der Waals surface area (Å²) in [6.07, 6.45) is 0. The lowest BCUT2D eigenvalue weighted by Crippen LogP contribution is -1.92. The van der Waals surface area contributed by atoms with Crippen LogP contribution >= 0.6 is 0 Å². The minimum Gasteiger partial charge on any atom is -0.245 e. The summed E-state index contributed by atoms with van der Waals surface area (Å²) in [5.74, 6) is 0. The predicted molar refractivity (Wildman–Crippen MR) is 135 cm³/mol. The van der Waals surface area contributed by atoms with E-state index in [1.807, 2.05) is 0 Å². The van der Waals surface area contributed by atoms with Crippen molar-refractivity contribution in [1.82, 2.24) is 9.97 Å². The molecule has 5 aromatic carbocycles. The molecular formula is C30H18N2. The molecule has 0 bridgehead atoms. The van der Waals surface area contributed by atoms with Gasteiger partial charge < -0.3 is 0 Å². The molecule has 0 amide bonds. The Balaban J connectivity index is 1.54. The van der Waals surface area contributed by atoms with Crippen LogP contribution in [0.1, 0.15) is 0 Å². The third-order valence-electron chi connectivity index (χ3n) is 6.43. The molecule has 0 atom stereocenters. The molecule has 0 saturated heterocycles. The van der Waals surface area contributed by atoms with Gasteiger partial charge in [-0.25, -0.2) is 9.97 Å². The molecule has 7 aromatic rings. The Morgan fingerprint density at radius 3 is 1.53 bits per heavy atom. The van der Waals surface area contributed by atoms with Crippen LogP contribution in [0.4, 0.5) is 0 Å². The zero-order valence-electron chi connectivity index (χ0n) is 17.3. The molecule has 2 heteroatoms. The number of benzene rings is 5. The number of rotatable bonds is 1. The van der Waals surface area contributed by atoms with Crippen LogP contribution in [0, 0.1) is 0 Å². The van der Waals surface area contributed by atoms with Gasteiger partial charge in [0.25, 0.3) is 0 Å². The molecule has 0 radical (unpaired) electrons. The summed E-state index contributed by atoms with van der Waals surface area (Å²) in [4.78, 5) is 10.2. The normalized spacial score (nSPS) is 11.8. The second-order valence-corrected chi connectivity index (χ2v) is 8.24. The Hall–Kier alpha value is -4.30. The van der Waals surface area contributed by atoms with Crippen LogP contribution < -0.4 is 0 Å². The van der Waals surface area contributed by atoms with Crippen LogP contribution in [0.15, 0.2) is 109 Å². The highest BCUT2D eigenvalue weighted by molar-refractivity contribution is 6.24. The van der Waals surface area contributed by atoms with Crippen molar-refractivity contribution < 1.29 is 0 Å². The monoisotopic (exact) mass is 406 g/mol. The summed E-state index contributed by atoms with van der Waals surface area (Å²) in [6.45, 7) is 0. The van der Waals surface area contributed by atoms with E-state index in [-0.39, 0.29) is 0 Å². The second kappa shape index (κ2) is 6.60. The van der Waals surface area contributed by atoms with E-state index in [1.54, 1.807) is 0 Å². The molecule has 2 nitrogen and oxygen atoms in total. The highest BCUT2D eigenvalue weighted by atomic mass is 14.8. The molecule has 0 aliphatic heterocycles. The summed E-state index contributed by atoms with van der Waals surface area (Å²) < 4.78 is 0. The molecule has 0 spiro atoms. The highest BCUT2D eigenvalue weighted by Crippen LogP contribution is 2.35. The molecule has 2 heterocycles. The van der Waals surface area contributed by atoms with E-state index in [4.69, 9.17) is 9.97 Å². The van der Waals surface area contributed by atoms with Crippen LogP contribution in [0.25, 0.3) is 65.5 Å². The zero-order valence-corrected chi connectivity index (χ0v) is 17.3. The topological polar surface area (TPSA) is 25.8 Å². The number of pyridine rings is 2. The fourth-order valence-corrected chi connectivity index (χ4v) is 4.90. The van der Waals surface area contributed by atoms with Crippen molar-refractivity contribution in [2.24, 2.45) is 0 Å². The van der Waals surface area contributed by atoms with Gasteiger partial charge in [0.1, 0.15) is 0 Å². The number of hydrogen-bond donors (Lipinski definition) is 0. The van der Waals surface area contributed by atoms with E-state index in [0.29, 0.717) is 0 Å². The zero-order chi connectivity index (χ0) is 21.1. The lowest BCUT2D eigenvalue weighted by Gasteiger charge is -2.11. The van der Waals surface area contributed by atoms with Crippen LogP contribution in [0.2, 0.25) is 0 Å². The van der Waals surface area contributed by atoms with Crippen molar-refractivity contribution in [2.75, 3.05) is 0 Å². The maximum atomic E-state index is 5.15. The lowest BCUT2D eigenvalue weighted by molar-refractivity contribution is 1.33. The molecule has 0 fully saturated rings. The first kappa shape index (κ1) is 17.4. The first-order valence-corrected chi connectivity index (χ1v) is 10.9. The molecule has 2 aromatic heterocycles. The van der Waals surface area contributed by atoms with E-state index >= 15 is 0 Å². The van der Waals surface area contributed by atoms with Crippen LogP contribution in [0.5, 0.6) is 0 Å². The van der Waals surface area contributed by atoms with E-state index in [9.17, 15) is 0 Å². The Morgan fingerprint density at radius 2 is 0.781 bits per heavy atom. The summed E-state index contributed by atoms with van der Waals surface area (Å²) in [5, 5.41) is 9.60. The first-order chi connectivity index (χ1) is 15.9. The SMILES string of the molecule is c1ccc2c(c1)ccc1ccc(-c3ccc4c5ccccc5c5ccccc5c4n3)nc12. The second-order valence-electron chi connectivity index (χ2n) is 8.24. The average Bonchev–Trinajstić information content (AvgIpc) is 2.88. The van der Waals surface area contributed by atoms with Crippen LogP contribution in [0.3, 0.4) is 0 Å². The molecule has 0 unspecified atom stereocenters. The van der Waals surface area contributed by atoms with Gasteiger partial charge in [0.15, 0.2) is 0 Å². The number of hydrogen-bond acceptors (Lipinski definition) is 2. The summed E-state index contributed by atoms with van der Waals surface area (Å²) in [7, 11) is 0. The maximum absolute atomic E-state index is 5.15. The van der Waals surface area contributed by atoms with Crippen molar-refractivity contribution in [3.63, 3.8) is 0 Å². The molecule has 0 N–H and O–H groups in total. The van der Waals surface area contributed by atoms with Gasteiger partial charge in [-0.2, -0.15) is 0 Å². The molecule has 32 heavy (non-hydrogen) atoms. The smallest absolute Gasteiger partial charge is 0.0894 e. The standard InChI is InChI=1S/C30H18N2/c1-2-8-21-19(7-1)13-14-20-15-17-27(31-29(20)21)28-18-16-26-24-11-4-3-9-22(24)23-10-5-6-12-25(23)30(26)32-28/h1-18H. The fourth-order valence-electron chi connectivity index (χ4n) is 4.90. The van der Waals surface area contributed by atoms with Gasteiger partial charge in [-0.1, -0.05) is 91.0 Å². The molecular weight excluding hydrogens is 388 g/mol. The van der Waals surface area contributed by atoms with E-state index in [2.05, 4.69) is 109 Å². The Kier molecular flexibility index (Phi) is 3.58. The molecule has 148 valence electrons. The highest BCUT2D eigenvalue weighted by Gasteiger charge is 2.12. The lowest BCUT2D eigenvalue weighted by atomic mass is 9.97. The van der Waals surface area contributed by atoms with Crippen molar-refractivity contribution in [1.29, 1.82) is 0 Å². The molecule has 0 aliphatic rings. The Bertz CT molecular complexity index is 1800. The Labute approximate surface area is 184 Å². The maximum Gasteiger partial charge on any atom is 0.0894 e. The van der Waals surface area contributed by atoms with Crippen molar-refractivity contribution in [2.45, 2.75) is 0 Å². The predicted octanol–water partition coefficient (Wildman–Crippen LogP) is 7.91. The molecule has 0 aliphatic carbocycles. The van der Waals surface area contributed by atoms with Crippen molar-refractivity contribution >= 4 is 54.1 Å². The minimum absolute atomic E-state index is 0.896. The Morgan fingerprint density at radius 1 is 0.312 bits per heavy atom. The van der Waals surface area contributed by atoms with Gasteiger partial charge in [-0.3, -0.25) is 0 Å². The average molecular weight is 406 g/mol. The van der Waals surface area contributed by atoms with Crippen molar-refractivity contribution in [3.05, 3.63) is 109 Å². The first-order valence-electron chi connectivity index (χ1n) is 10.9. The minimum atomic E-state index is 0.896. The van der Waals surface area contributed by atoms with Gasteiger partial charge in [-0.15, -0.1) is 0 Å². The molecule has 7 rings (SSSR count). The van der Waals surface area contributed by atoms with Crippen LogP contribution in [-0.2, 0) is 0 Å². The van der Waals surface area contributed by atoms with Gasteiger partial charge in [-0.05, 0) is 39.7 Å². The quantitative estimate of drug-likeness (QED) is 0.259. The fraction of sp³-hybridized carbons (Fsp3) is 0. The number of fused-ring (bicyclic) bond motifs is 9. The third-order valence-corrected chi connectivity index (χ3v) is 6.43. The van der Waals surface area contributed by atoms with Gasteiger partial charge in [0.05, 0.1) is 22.4 Å². The van der Waals surface area contributed by atoms with Gasteiger partial charge >= 0.3 is 0 Å². The van der Waals surface area contributed by atoms with Crippen molar-refractivity contribution in [3.8, 4) is 11.4 Å². The number of aromatic nitrogens is 2. The van der Waals surface area contributed by atoms with E-state index in [0.717, 1.165) is 27.8 Å². The summed E-state index contributed by atoms with van der Waals surface area (Å²) >= 11 is 0. The van der Waals surface area contributed by atoms with E-state index < -0.39 is 0 Å². The third kappa shape index (κ3) is 2.47.